The van der Waals surface area contributed by atoms with Crippen molar-refractivity contribution >= 4 is 35.7 Å². The van der Waals surface area contributed by atoms with Crippen LogP contribution in [0.1, 0.15) is 5.56 Å². The number of aromatic hydroxyl groups is 1. The van der Waals surface area contributed by atoms with Crippen molar-refractivity contribution in [2.45, 2.75) is 11.8 Å². The second kappa shape index (κ2) is 3.48. The third-order valence-corrected chi connectivity index (χ3v) is 3.29. The zero-order valence-corrected chi connectivity index (χ0v) is 9.74. The smallest absolute Gasteiger partial charge is 0.265 e. The predicted molar refractivity (Wildman–Crippen MR) is 53.6 cm³/mol. The van der Waals surface area contributed by atoms with Crippen LogP contribution in [0.25, 0.3) is 0 Å². The predicted octanol–water partition coefficient (Wildman–Crippen LogP) is 2.39. The molecule has 0 spiro atoms. The number of rotatable bonds is 1. The molecule has 0 aliphatic heterocycles. The Morgan fingerprint density at radius 3 is 2.46 bits per heavy atom. The molecule has 1 N–H and O–H groups in total. The van der Waals surface area contributed by atoms with E-state index in [2.05, 4.69) is 15.9 Å². The fourth-order valence-corrected chi connectivity index (χ4v) is 2.63. The summed E-state index contributed by atoms with van der Waals surface area (Å²) in [5.41, 5.74) is 0.452. The number of phenolic OH excluding ortho intramolecular Hbond substituents is 1. The van der Waals surface area contributed by atoms with E-state index in [-0.39, 0.29) is 10.6 Å². The highest BCUT2D eigenvalue weighted by atomic mass is 79.9. The van der Waals surface area contributed by atoms with Gasteiger partial charge < -0.3 is 5.11 Å². The molecule has 0 aliphatic rings. The Hall–Kier alpha value is -0.260. The minimum absolute atomic E-state index is 0.277. The average molecular weight is 286 g/mol. The maximum absolute atomic E-state index is 10.9. The molecular formula is C7H6BrClO3S. The van der Waals surface area contributed by atoms with Gasteiger partial charge in [-0.15, -0.1) is 0 Å². The largest absolute Gasteiger partial charge is 0.506 e. The molecular weight excluding hydrogens is 279 g/mol. The molecule has 0 bridgehead atoms. The minimum Gasteiger partial charge on any atom is -0.506 e. The van der Waals surface area contributed by atoms with E-state index in [9.17, 15) is 13.5 Å². The summed E-state index contributed by atoms with van der Waals surface area (Å²) < 4.78 is 22.4. The van der Waals surface area contributed by atoms with Crippen molar-refractivity contribution in [2.75, 3.05) is 0 Å². The second-order valence-corrected chi connectivity index (χ2v) is 5.96. The monoisotopic (exact) mass is 284 g/mol. The summed E-state index contributed by atoms with van der Waals surface area (Å²) in [5.74, 6) is -0.307. The maximum atomic E-state index is 10.9. The van der Waals surface area contributed by atoms with E-state index in [0.29, 0.717) is 10.0 Å². The first-order valence-electron chi connectivity index (χ1n) is 3.26. The van der Waals surface area contributed by atoms with Crippen molar-refractivity contribution in [1.82, 2.24) is 0 Å². The van der Waals surface area contributed by atoms with Gasteiger partial charge in [-0.2, -0.15) is 0 Å². The summed E-state index contributed by atoms with van der Waals surface area (Å²) >= 11 is 3.11. The molecule has 0 radical (unpaired) electrons. The highest BCUT2D eigenvalue weighted by Crippen LogP contribution is 2.32. The van der Waals surface area contributed by atoms with Crippen LogP contribution in [-0.4, -0.2) is 13.5 Å². The van der Waals surface area contributed by atoms with Crippen molar-refractivity contribution < 1.29 is 13.5 Å². The first kappa shape index (κ1) is 10.8. The van der Waals surface area contributed by atoms with Gasteiger partial charge in [-0.25, -0.2) is 8.42 Å². The van der Waals surface area contributed by atoms with Crippen molar-refractivity contribution in [1.29, 1.82) is 0 Å². The molecule has 0 saturated carbocycles. The highest BCUT2D eigenvalue weighted by Gasteiger charge is 2.17. The number of aryl methyl sites for hydroxylation is 1. The fraction of sp³-hybridized carbons (Fsp3) is 0.143. The van der Waals surface area contributed by atoms with Crippen molar-refractivity contribution in [2.24, 2.45) is 0 Å². The summed E-state index contributed by atoms with van der Waals surface area (Å²) in [6.07, 6.45) is 0. The van der Waals surface area contributed by atoms with Crippen LogP contribution in [0.3, 0.4) is 0 Å². The molecule has 0 heterocycles. The van der Waals surface area contributed by atoms with Gasteiger partial charge in [0.2, 0.25) is 0 Å². The lowest BCUT2D eigenvalue weighted by molar-refractivity contribution is 0.455. The number of halogens is 2. The maximum Gasteiger partial charge on any atom is 0.265 e. The van der Waals surface area contributed by atoms with E-state index in [1.165, 1.54) is 6.07 Å². The minimum atomic E-state index is -3.89. The molecule has 0 aromatic heterocycles. The van der Waals surface area contributed by atoms with Crippen LogP contribution in [-0.2, 0) is 9.05 Å². The lowest BCUT2D eigenvalue weighted by Crippen LogP contribution is -1.93. The number of hydrogen-bond donors (Lipinski definition) is 1. The third kappa shape index (κ3) is 2.36. The molecule has 0 atom stereocenters. The van der Waals surface area contributed by atoms with Gasteiger partial charge in [0.1, 0.15) is 10.6 Å². The van der Waals surface area contributed by atoms with E-state index < -0.39 is 9.05 Å². The topological polar surface area (TPSA) is 54.4 Å². The second-order valence-electron chi connectivity index (χ2n) is 2.51. The highest BCUT2D eigenvalue weighted by molar-refractivity contribution is 9.10. The Morgan fingerprint density at radius 2 is 2.00 bits per heavy atom. The van der Waals surface area contributed by atoms with Crippen molar-refractivity contribution in [3.63, 3.8) is 0 Å². The third-order valence-electron chi connectivity index (χ3n) is 1.49. The van der Waals surface area contributed by atoms with Gasteiger partial charge >= 0.3 is 0 Å². The van der Waals surface area contributed by atoms with E-state index in [4.69, 9.17) is 10.7 Å². The Bertz CT molecular complexity index is 441. The number of phenols is 1. The molecule has 1 aromatic carbocycles. The van der Waals surface area contributed by atoms with E-state index >= 15 is 0 Å². The zero-order valence-electron chi connectivity index (χ0n) is 6.58. The Kier molecular flexibility index (Phi) is 2.89. The van der Waals surface area contributed by atoms with Crippen LogP contribution in [0.15, 0.2) is 21.5 Å². The van der Waals surface area contributed by atoms with Crippen molar-refractivity contribution in [3.8, 4) is 5.75 Å². The number of hydrogen-bond acceptors (Lipinski definition) is 3. The van der Waals surface area contributed by atoms with Crippen LogP contribution in [0.2, 0.25) is 0 Å². The lowest BCUT2D eigenvalue weighted by Gasteiger charge is -2.04. The van der Waals surface area contributed by atoms with Gasteiger partial charge in [0.05, 0.1) is 0 Å². The van der Waals surface area contributed by atoms with Crippen molar-refractivity contribution in [3.05, 3.63) is 22.2 Å². The standard InChI is InChI=1S/C7H6BrClO3S/c1-4-2-5(8)3-6(7(4)10)13(9,11)12/h2-3,10H,1H3. The molecule has 0 fully saturated rings. The van der Waals surface area contributed by atoms with Gasteiger partial charge in [0.15, 0.2) is 0 Å². The van der Waals surface area contributed by atoms with Crippen LogP contribution < -0.4 is 0 Å². The van der Waals surface area contributed by atoms with Gasteiger partial charge in [-0.3, -0.25) is 0 Å². The Balaban J connectivity index is 3.56. The summed E-state index contributed by atoms with van der Waals surface area (Å²) in [6.45, 7) is 1.59. The molecule has 1 aromatic rings. The summed E-state index contributed by atoms with van der Waals surface area (Å²) in [5, 5.41) is 9.37. The summed E-state index contributed by atoms with van der Waals surface area (Å²) in [7, 11) is 1.21. The zero-order chi connectivity index (χ0) is 10.2. The first-order chi connectivity index (χ1) is 5.82. The SMILES string of the molecule is Cc1cc(Br)cc(S(=O)(=O)Cl)c1O. The van der Waals surface area contributed by atoms with Gasteiger partial charge in [0.25, 0.3) is 9.05 Å². The Labute approximate surface area is 88.9 Å². The first-order valence-corrected chi connectivity index (χ1v) is 6.36. The average Bonchev–Trinajstić information content (AvgIpc) is 1.94. The molecule has 6 heteroatoms. The van der Waals surface area contributed by atoms with E-state index in [1.54, 1.807) is 13.0 Å². The molecule has 1 rings (SSSR count). The summed E-state index contributed by atoms with van der Waals surface area (Å²) in [4.78, 5) is -0.277. The fourth-order valence-electron chi connectivity index (χ4n) is 0.891. The van der Waals surface area contributed by atoms with Crippen LogP contribution in [0, 0.1) is 6.92 Å². The van der Waals surface area contributed by atoms with Gasteiger partial charge in [-0.05, 0) is 24.6 Å². The molecule has 13 heavy (non-hydrogen) atoms. The Morgan fingerprint density at radius 1 is 1.46 bits per heavy atom. The molecule has 3 nitrogen and oxygen atoms in total. The van der Waals surface area contributed by atoms with E-state index in [1.807, 2.05) is 0 Å². The van der Waals surface area contributed by atoms with Crippen LogP contribution in [0.5, 0.6) is 5.75 Å². The molecule has 0 saturated heterocycles. The van der Waals surface area contributed by atoms with Crippen LogP contribution >= 0.6 is 26.6 Å². The lowest BCUT2D eigenvalue weighted by atomic mass is 10.2. The summed E-state index contributed by atoms with van der Waals surface area (Å²) in [6, 6.07) is 2.85. The number of benzene rings is 1. The normalized spacial score (nSPS) is 11.6. The van der Waals surface area contributed by atoms with Crippen LogP contribution in [0.4, 0.5) is 0 Å². The van der Waals surface area contributed by atoms with Gasteiger partial charge in [0, 0.05) is 15.2 Å². The van der Waals surface area contributed by atoms with E-state index in [0.717, 1.165) is 0 Å². The molecule has 0 unspecified atom stereocenters. The molecule has 0 amide bonds. The van der Waals surface area contributed by atoms with Gasteiger partial charge in [-0.1, -0.05) is 15.9 Å². The quantitative estimate of drug-likeness (QED) is 0.806. The molecule has 0 aliphatic carbocycles. The molecule has 72 valence electrons.